The summed E-state index contributed by atoms with van der Waals surface area (Å²) in [4.78, 5) is 12.4. The zero-order valence-electron chi connectivity index (χ0n) is 16.7. The predicted octanol–water partition coefficient (Wildman–Crippen LogP) is 3.63. The van der Waals surface area contributed by atoms with Gasteiger partial charge in [0, 0.05) is 6.42 Å². The first-order valence-corrected chi connectivity index (χ1v) is 12.8. The summed E-state index contributed by atoms with van der Waals surface area (Å²) in [5, 5.41) is 0. The number of sulfone groups is 2. The van der Waals surface area contributed by atoms with Gasteiger partial charge in [-0.05, 0) is 36.4 Å². The summed E-state index contributed by atoms with van der Waals surface area (Å²) in [5.41, 5.74) is -2.91. The fraction of sp³-hybridized carbons (Fsp3) is 0.174. The van der Waals surface area contributed by atoms with Crippen LogP contribution in [-0.4, -0.2) is 39.5 Å². The molecule has 0 saturated carbocycles. The van der Waals surface area contributed by atoms with Gasteiger partial charge in [-0.2, -0.15) is 0 Å². The number of fused-ring (bicyclic) bond motifs is 1. The quantitative estimate of drug-likeness (QED) is 0.542. The van der Waals surface area contributed by atoms with Gasteiger partial charge in [-0.15, -0.1) is 0 Å². The van der Waals surface area contributed by atoms with Crippen LogP contribution in [0.5, 0.6) is 5.75 Å². The molecule has 0 spiro atoms. The molecule has 1 atom stereocenters. The minimum atomic E-state index is -4.58. The molecule has 1 aliphatic heterocycles. The number of benzene rings is 3. The third-order valence-corrected chi connectivity index (χ3v) is 10.4. The summed E-state index contributed by atoms with van der Waals surface area (Å²) in [5.74, 6) is -0.838. The Hall–Kier alpha value is -3.04. The van der Waals surface area contributed by atoms with Crippen molar-refractivity contribution in [3.8, 4) is 5.75 Å². The lowest BCUT2D eigenvalue weighted by Crippen LogP contribution is -2.49. The summed E-state index contributed by atoms with van der Waals surface area (Å²) in [6.07, 6.45) is -1.10. The SMILES string of the molecule is O=C1c2ccccc2OC[C@]1(F)CC(S(=O)(=O)c1ccccc1)S(=O)(=O)c1ccccc1. The average molecular weight is 475 g/mol. The third kappa shape index (κ3) is 3.82. The van der Waals surface area contributed by atoms with Crippen LogP contribution in [-0.2, 0) is 19.7 Å². The summed E-state index contributed by atoms with van der Waals surface area (Å²) < 4.78 is 72.8. The Balaban J connectivity index is 1.83. The van der Waals surface area contributed by atoms with Crippen LogP contribution in [0.4, 0.5) is 4.39 Å². The van der Waals surface area contributed by atoms with Crippen LogP contribution in [0.3, 0.4) is 0 Å². The molecule has 0 N–H and O–H groups in total. The Bertz CT molecular complexity index is 1290. The smallest absolute Gasteiger partial charge is 0.209 e. The fourth-order valence-electron chi connectivity index (χ4n) is 3.61. The molecule has 0 bridgehead atoms. The number of halogens is 1. The van der Waals surface area contributed by atoms with E-state index in [1.54, 1.807) is 18.2 Å². The number of hydrogen-bond acceptors (Lipinski definition) is 6. The van der Waals surface area contributed by atoms with Gasteiger partial charge in [-0.3, -0.25) is 4.79 Å². The number of carbonyl (C=O) groups excluding carboxylic acids is 1. The molecular formula is C23H19FO6S2. The highest BCUT2D eigenvalue weighted by Crippen LogP contribution is 2.39. The van der Waals surface area contributed by atoms with Crippen molar-refractivity contribution in [1.82, 2.24) is 0 Å². The third-order valence-electron chi connectivity index (χ3n) is 5.32. The van der Waals surface area contributed by atoms with Gasteiger partial charge in [0.1, 0.15) is 12.4 Å². The van der Waals surface area contributed by atoms with Crippen LogP contribution in [0.1, 0.15) is 16.8 Å². The molecule has 0 aromatic heterocycles. The Labute approximate surface area is 185 Å². The molecule has 4 rings (SSSR count). The van der Waals surface area contributed by atoms with Gasteiger partial charge in [0.2, 0.25) is 11.5 Å². The van der Waals surface area contributed by atoms with E-state index in [2.05, 4.69) is 0 Å². The number of carbonyl (C=O) groups is 1. The number of ketones is 1. The zero-order chi connectivity index (χ0) is 23.0. The van der Waals surface area contributed by atoms with E-state index in [0.717, 1.165) is 0 Å². The number of para-hydroxylation sites is 1. The van der Waals surface area contributed by atoms with Gasteiger partial charge in [0.15, 0.2) is 24.3 Å². The van der Waals surface area contributed by atoms with E-state index in [1.807, 2.05) is 0 Å². The molecule has 0 radical (unpaired) electrons. The van der Waals surface area contributed by atoms with E-state index in [1.165, 1.54) is 66.7 Å². The summed E-state index contributed by atoms with van der Waals surface area (Å²) >= 11 is 0. The van der Waals surface area contributed by atoms with Crippen molar-refractivity contribution >= 4 is 25.5 Å². The van der Waals surface area contributed by atoms with Crippen LogP contribution in [0.2, 0.25) is 0 Å². The number of rotatable bonds is 6. The van der Waals surface area contributed by atoms with E-state index in [0.29, 0.717) is 0 Å². The van der Waals surface area contributed by atoms with E-state index < -0.39 is 48.7 Å². The lowest BCUT2D eigenvalue weighted by molar-refractivity contribution is 0.0421. The molecule has 0 saturated heterocycles. The summed E-state index contributed by atoms with van der Waals surface area (Å²) in [6.45, 7) is -0.784. The molecule has 0 aliphatic carbocycles. The van der Waals surface area contributed by atoms with Crippen molar-refractivity contribution in [2.75, 3.05) is 6.61 Å². The maximum absolute atomic E-state index is 16.0. The molecule has 0 amide bonds. The van der Waals surface area contributed by atoms with Gasteiger partial charge in [0.25, 0.3) is 0 Å². The van der Waals surface area contributed by atoms with Crippen LogP contribution < -0.4 is 4.74 Å². The van der Waals surface area contributed by atoms with Crippen LogP contribution in [0.25, 0.3) is 0 Å². The molecule has 32 heavy (non-hydrogen) atoms. The van der Waals surface area contributed by atoms with E-state index >= 15 is 4.39 Å². The lowest BCUT2D eigenvalue weighted by Gasteiger charge is -2.32. The minimum absolute atomic E-state index is 0.0609. The standard InChI is InChI=1S/C23H19FO6S2/c24-23(16-30-20-14-8-7-13-19(20)22(23)25)15-21(31(26,27)17-9-3-1-4-10-17)32(28,29)18-11-5-2-6-12-18/h1-14,21H,15-16H2/t23-/m1/s1. The van der Waals surface area contributed by atoms with Gasteiger partial charge in [-0.1, -0.05) is 48.5 Å². The second-order valence-corrected chi connectivity index (χ2v) is 12.0. The predicted molar refractivity (Wildman–Crippen MR) is 116 cm³/mol. The average Bonchev–Trinajstić information content (AvgIpc) is 2.81. The zero-order valence-corrected chi connectivity index (χ0v) is 18.4. The number of hydrogen-bond donors (Lipinski definition) is 0. The van der Waals surface area contributed by atoms with Crippen molar-refractivity contribution in [3.63, 3.8) is 0 Å². The molecule has 0 fully saturated rings. The van der Waals surface area contributed by atoms with Crippen molar-refractivity contribution in [2.45, 2.75) is 26.5 Å². The Kier molecular flexibility index (Phi) is 5.64. The molecular weight excluding hydrogens is 455 g/mol. The van der Waals surface area contributed by atoms with Gasteiger partial charge in [-0.25, -0.2) is 21.2 Å². The van der Waals surface area contributed by atoms with Crippen LogP contribution in [0.15, 0.2) is 94.7 Å². The summed E-state index contributed by atoms with van der Waals surface area (Å²) in [6, 6.07) is 19.8. The van der Waals surface area contributed by atoms with Crippen molar-refractivity contribution < 1.29 is 30.8 Å². The highest BCUT2D eigenvalue weighted by atomic mass is 32.3. The van der Waals surface area contributed by atoms with Gasteiger partial charge >= 0.3 is 0 Å². The highest BCUT2D eigenvalue weighted by Gasteiger charge is 2.52. The van der Waals surface area contributed by atoms with Crippen LogP contribution in [0, 0.1) is 0 Å². The number of alkyl halides is 1. The lowest BCUT2D eigenvalue weighted by atomic mass is 9.90. The maximum atomic E-state index is 16.0. The molecule has 9 heteroatoms. The monoisotopic (exact) mass is 474 g/mol. The molecule has 1 heterocycles. The first-order valence-electron chi connectivity index (χ1n) is 9.70. The molecule has 3 aromatic carbocycles. The molecule has 3 aromatic rings. The molecule has 0 unspecified atom stereocenters. The Morgan fingerprint density at radius 1 is 0.781 bits per heavy atom. The maximum Gasteiger partial charge on any atom is 0.209 e. The molecule has 166 valence electrons. The first kappa shape index (κ1) is 22.2. The second-order valence-electron chi connectivity index (χ2n) is 7.43. The van der Waals surface area contributed by atoms with Crippen molar-refractivity contribution in [3.05, 3.63) is 90.5 Å². The Morgan fingerprint density at radius 2 is 1.25 bits per heavy atom. The molecule has 6 nitrogen and oxygen atoms in total. The largest absolute Gasteiger partial charge is 0.489 e. The van der Waals surface area contributed by atoms with E-state index in [9.17, 15) is 21.6 Å². The highest BCUT2D eigenvalue weighted by molar-refractivity contribution is 8.09. The topological polar surface area (TPSA) is 94.6 Å². The minimum Gasteiger partial charge on any atom is -0.489 e. The van der Waals surface area contributed by atoms with Crippen molar-refractivity contribution in [1.29, 1.82) is 0 Å². The fourth-order valence-corrected chi connectivity index (χ4v) is 8.25. The van der Waals surface area contributed by atoms with Gasteiger partial charge in [0.05, 0.1) is 15.4 Å². The van der Waals surface area contributed by atoms with Crippen LogP contribution >= 0.6 is 0 Å². The summed E-state index contributed by atoms with van der Waals surface area (Å²) in [7, 11) is -9.16. The normalized spacial score (nSPS) is 18.8. The molecule has 1 aliphatic rings. The Morgan fingerprint density at radius 3 is 1.78 bits per heavy atom. The second kappa shape index (κ2) is 8.14. The van der Waals surface area contributed by atoms with E-state index in [4.69, 9.17) is 4.74 Å². The number of Topliss-reactive ketones (excluding diaryl/α,β-unsaturated/α-hetero) is 1. The van der Waals surface area contributed by atoms with Crippen molar-refractivity contribution in [2.24, 2.45) is 0 Å². The first-order chi connectivity index (χ1) is 15.2. The number of ether oxygens (including phenoxy) is 1. The van der Waals surface area contributed by atoms with E-state index in [-0.39, 0.29) is 21.1 Å². The van der Waals surface area contributed by atoms with Gasteiger partial charge < -0.3 is 4.74 Å².